The molecule has 30 rings (SSSR count). The quantitative estimate of drug-likeness (QED) is 0.154. The lowest BCUT2D eigenvalue weighted by Crippen LogP contribution is -2.44. The van der Waals surface area contributed by atoms with Crippen LogP contribution in [0.5, 0.6) is 34.5 Å². The Bertz CT molecular complexity index is 7580. The van der Waals surface area contributed by atoms with Crippen molar-refractivity contribution in [3.05, 3.63) is 357 Å². The second-order valence-electron chi connectivity index (χ2n) is 46.7. The minimum Gasteiger partial charge on any atom is -0.491 e. The van der Waals surface area contributed by atoms with Gasteiger partial charge in [-0.1, -0.05) is 166 Å². The molecule has 12 heteroatoms. The minimum atomic E-state index is -1.97. The number of fused-ring (bicyclic) bond motifs is 18. The predicted molar refractivity (Wildman–Crippen MR) is 574 cm³/mol. The van der Waals surface area contributed by atoms with Crippen LogP contribution in [0.15, 0.2) is 268 Å². The third kappa shape index (κ3) is 14.5. The Kier molecular flexibility index (Phi) is 21.4. The molecule has 0 amide bonds. The molecule has 10 spiro atoms. The summed E-state index contributed by atoms with van der Waals surface area (Å²) in [4.78, 5) is 0. The van der Waals surface area contributed by atoms with E-state index in [1.54, 1.807) is 24.3 Å². The van der Waals surface area contributed by atoms with Gasteiger partial charge in [-0.25, -0.2) is 27.4 Å². The summed E-state index contributed by atoms with van der Waals surface area (Å²) < 4.78 is 90.2. The Hall–Kier alpha value is -12.5. The average Bonchev–Trinajstić information content (AvgIpc) is 1.48. The Balaban J connectivity index is 0.0000000931. The molecule has 8 aromatic carbocycles. The normalized spacial score (nSPS) is 21.7. The molecule has 0 N–H and O–H groups in total. The van der Waals surface area contributed by atoms with Crippen molar-refractivity contribution in [1.29, 1.82) is 0 Å². The smallest absolute Gasteiger partial charge is 0.216 e. The van der Waals surface area contributed by atoms with Crippen molar-refractivity contribution in [2.75, 3.05) is 6.61 Å². The number of aryl methyl sites for hydroxylation is 12. The Labute approximate surface area is 865 Å². The maximum atomic E-state index is 9.21. The van der Waals surface area contributed by atoms with Crippen LogP contribution >= 0.6 is 0 Å². The zero-order valence-corrected chi connectivity index (χ0v) is 87.8. The van der Waals surface area contributed by atoms with Crippen LogP contribution in [0.2, 0.25) is 0 Å². The summed E-state index contributed by atoms with van der Waals surface area (Å²) >= 11 is 0. The molecule has 738 valence electrons. The first-order chi connectivity index (χ1) is 71.8. The van der Waals surface area contributed by atoms with E-state index in [-0.39, 0.29) is 33.2 Å². The van der Waals surface area contributed by atoms with Gasteiger partial charge in [0.1, 0.15) is 105 Å². The van der Waals surface area contributed by atoms with Crippen molar-refractivity contribution >= 4 is 0 Å². The fourth-order valence-corrected chi connectivity index (χ4v) is 30.0. The first-order valence-electron chi connectivity index (χ1n) is 56.6. The van der Waals surface area contributed by atoms with E-state index in [4.69, 9.17) is 28.4 Å². The summed E-state index contributed by atoms with van der Waals surface area (Å²) in [5.74, 6) is 6.42. The van der Waals surface area contributed by atoms with E-state index in [0.717, 1.165) is 71.9 Å². The second-order valence-corrected chi connectivity index (χ2v) is 46.7. The molecule has 6 aliphatic heterocycles. The van der Waals surface area contributed by atoms with E-state index in [0.29, 0.717) is 33.1 Å². The maximum absolute atomic E-state index is 9.21. The molecular formula is C133H146N6O6+6. The van der Waals surface area contributed by atoms with Crippen molar-refractivity contribution in [1.82, 2.24) is 0 Å². The number of pyridine rings is 6. The fraction of sp³-hybridized carbons (Fsp3) is 0.414. The molecule has 8 fully saturated rings. The molecule has 0 radical (unpaired) electrons. The van der Waals surface area contributed by atoms with Gasteiger partial charge in [0.2, 0.25) is 34.2 Å². The lowest BCUT2D eigenvalue weighted by atomic mass is 9.69. The topological polar surface area (TPSA) is 78.7 Å². The SMILES string of the molecule is Cc1ccc2c(c1-c1cccc[n+]1C)OC(C)(C)C21CCCC1.Cc1ccc2c(c1-c1cccc[n+]1C)OC1(CC1)C21CCCC1.Cc1ccc2c(c1-c1cccc[n+]1C)OC1(CCCCC1)C21CC1.Cc1ccc2c(c1-c1cccc[n+]1C)OC1(Cc3ccccc3C1)C21CC1.Cc1ccc2c(c1-c1cccc[n+]1C)OCC21CCCC1.[2H]C1([2H])c2ccccc2C([2H])([2H])C12Oc1c(ccc(C)c1-c1cccc[n+]1C)C21CC1. The van der Waals surface area contributed by atoms with Gasteiger partial charge in [0, 0.05) is 170 Å². The van der Waals surface area contributed by atoms with E-state index in [1.807, 2.05) is 49.0 Å². The monoisotopic (exact) mass is 1930 g/mol. The Morgan fingerprint density at radius 2 is 0.483 bits per heavy atom. The average molecular weight is 1930 g/mol. The van der Waals surface area contributed by atoms with Gasteiger partial charge in [-0.2, -0.15) is 0 Å². The van der Waals surface area contributed by atoms with Crippen molar-refractivity contribution in [2.24, 2.45) is 42.3 Å². The van der Waals surface area contributed by atoms with Gasteiger partial charge in [0.15, 0.2) is 37.2 Å². The van der Waals surface area contributed by atoms with Crippen LogP contribution in [-0.2, 0) is 100 Å². The van der Waals surface area contributed by atoms with Crippen LogP contribution in [0, 0.1) is 41.5 Å². The van der Waals surface area contributed by atoms with Gasteiger partial charge in [-0.3, -0.25) is 0 Å². The number of benzene rings is 8. The van der Waals surface area contributed by atoms with Crippen LogP contribution in [0.3, 0.4) is 0 Å². The summed E-state index contributed by atoms with van der Waals surface area (Å²) in [5.41, 5.74) is 33.1. The molecule has 8 saturated carbocycles. The molecule has 12 nitrogen and oxygen atoms in total. The molecule has 0 bridgehead atoms. The van der Waals surface area contributed by atoms with Crippen molar-refractivity contribution in [3.8, 4) is 102 Å². The van der Waals surface area contributed by atoms with Gasteiger partial charge < -0.3 is 28.4 Å². The zero-order valence-electron chi connectivity index (χ0n) is 91.8. The minimum absolute atomic E-state index is 0.0868. The molecule has 14 aromatic rings. The van der Waals surface area contributed by atoms with Crippen LogP contribution in [-0.4, -0.2) is 34.6 Å². The predicted octanol–water partition coefficient (Wildman–Crippen LogP) is 25.9. The number of nitrogens with zero attached hydrogens (tertiary/aromatic N) is 6. The summed E-state index contributed by atoms with van der Waals surface area (Å²) in [7, 11) is 12.6. The highest BCUT2D eigenvalue weighted by atomic mass is 16.5. The van der Waals surface area contributed by atoms with E-state index < -0.39 is 23.8 Å². The lowest BCUT2D eigenvalue weighted by Gasteiger charge is -2.38. The second kappa shape index (κ2) is 34.8. The highest BCUT2D eigenvalue weighted by molar-refractivity contribution is 5.81. The van der Waals surface area contributed by atoms with Gasteiger partial charge in [-0.15, -0.1) is 0 Å². The molecule has 10 aliphatic carbocycles. The first kappa shape index (κ1) is 88.9. The van der Waals surface area contributed by atoms with Crippen molar-refractivity contribution in [3.63, 3.8) is 0 Å². The van der Waals surface area contributed by atoms with E-state index in [1.165, 1.54) is 282 Å². The zero-order chi connectivity index (χ0) is 103. The third-order valence-corrected chi connectivity index (χ3v) is 38.4. The van der Waals surface area contributed by atoms with E-state index in [2.05, 4.69) is 320 Å². The summed E-state index contributed by atoms with van der Waals surface area (Å²) in [6.45, 7) is 18.5. The number of aromatic nitrogens is 6. The summed E-state index contributed by atoms with van der Waals surface area (Å²) in [5, 5.41) is 0. The molecule has 145 heavy (non-hydrogen) atoms. The van der Waals surface area contributed by atoms with Crippen LogP contribution in [0.1, 0.15) is 269 Å². The number of ether oxygens (including phenoxy) is 6. The first-order valence-corrected chi connectivity index (χ1v) is 54.6. The molecule has 0 unspecified atom stereocenters. The van der Waals surface area contributed by atoms with Crippen molar-refractivity contribution < 1.29 is 61.3 Å². The fourth-order valence-electron chi connectivity index (χ4n) is 30.0. The molecule has 6 aromatic heterocycles. The van der Waals surface area contributed by atoms with Gasteiger partial charge in [0.05, 0.1) is 40.0 Å². The molecule has 12 heterocycles. The molecule has 16 aliphatic rings. The van der Waals surface area contributed by atoms with Gasteiger partial charge in [-0.05, 0) is 263 Å². The maximum Gasteiger partial charge on any atom is 0.216 e. The lowest BCUT2D eigenvalue weighted by molar-refractivity contribution is -0.660. The number of hydrogen-bond acceptors (Lipinski definition) is 6. The number of rotatable bonds is 6. The Morgan fingerprint density at radius 3 is 0.821 bits per heavy atom. The van der Waals surface area contributed by atoms with Gasteiger partial charge >= 0.3 is 0 Å². The Morgan fingerprint density at radius 1 is 0.228 bits per heavy atom. The summed E-state index contributed by atoms with van der Waals surface area (Å²) in [6.07, 6.45) is 41.9. The molecular weight excluding hydrogens is 1780 g/mol. The molecule has 0 atom stereocenters. The van der Waals surface area contributed by atoms with Crippen LogP contribution in [0.25, 0.3) is 67.5 Å². The van der Waals surface area contributed by atoms with Crippen LogP contribution < -0.4 is 55.8 Å². The standard InChI is InChI=1S/2C25H24NO.C22H26NO.C21H24NO.C21H26NO.C19H22NO/c2*1-17-10-11-20-23(22(17)21-9-5-6-14-26(21)2)27-25(24(20)12-13-24)15-18-7-3-4-8-19(18)16-25;1-16-9-10-17-20(19(16)18-8-4-7-15-23(18)2)24-22(21(17)13-14-21)11-5-3-6-12-22;1-15-8-9-16-19(18(15)17-7-3-6-14-22(17)2)23-21(12-13-21)20(16)10-4-5-11-20;1-15-10-11-16-19(18(15)17-9-5-8-14-22(17)4)23-20(2,3)21(16)12-6-7-13-21;1-14-8-9-15-18(21-13-19(15)10-4-5-11-19)17(14)16-7-3-6-12-20(16)2/h2*3-11,14H,12-13,15-16H2,1-2H3;4,7-10,15H,3,5-6,11-14H2,1-2H3;3,6-9,14H,4-5,10-13H2,1-2H3;5,8-11,14H,6-7,12-13H2,1-4H3;3,6-9,12H,4-5,10-11,13H2,1-2H3/q6*+1/i15D2,16D2;;;;;. The van der Waals surface area contributed by atoms with E-state index in [9.17, 15) is 5.48 Å². The highest BCUT2D eigenvalue weighted by Gasteiger charge is 2.73. The summed E-state index contributed by atoms with van der Waals surface area (Å²) in [6, 6.07) is 81.2. The highest BCUT2D eigenvalue weighted by Crippen LogP contribution is 2.74. The van der Waals surface area contributed by atoms with Gasteiger partial charge in [0.25, 0.3) is 0 Å². The molecule has 0 saturated heterocycles. The third-order valence-electron chi connectivity index (χ3n) is 38.4. The largest absolute Gasteiger partial charge is 0.491 e. The van der Waals surface area contributed by atoms with Crippen LogP contribution in [0.4, 0.5) is 0 Å². The van der Waals surface area contributed by atoms with Crippen molar-refractivity contribution in [2.45, 2.75) is 302 Å². The van der Waals surface area contributed by atoms with E-state index >= 15 is 0 Å². The number of hydrogen-bond donors (Lipinski definition) is 0.